The van der Waals surface area contributed by atoms with E-state index >= 15 is 0 Å². The molecule has 1 saturated carbocycles. The second-order valence-electron chi connectivity index (χ2n) is 5.41. The van der Waals surface area contributed by atoms with Gasteiger partial charge < -0.3 is 16.4 Å². The number of nitrogens with two attached hydrogens (primary N) is 1. The number of carbonyl (C=O) groups is 1. The van der Waals surface area contributed by atoms with Crippen molar-refractivity contribution in [3.8, 4) is 0 Å². The van der Waals surface area contributed by atoms with Crippen LogP contribution in [-0.2, 0) is 0 Å². The molecule has 1 aliphatic rings. The van der Waals surface area contributed by atoms with Crippen LogP contribution < -0.4 is 16.4 Å². The van der Waals surface area contributed by atoms with Gasteiger partial charge in [-0.25, -0.2) is 4.79 Å². The lowest BCUT2D eigenvalue weighted by Gasteiger charge is -2.26. The highest BCUT2D eigenvalue weighted by Crippen LogP contribution is 2.17. The Hall–Kier alpha value is -0.840. The first-order chi connectivity index (χ1) is 7.92. The molecule has 0 aliphatic heterocycles. The van der Waals surface area contributed by atoms with E-state index in [2.05, 4.69) is 10.6 Å². The Morgan fingerprint density at radius 1 is 1.35 bits per heavy atom. The Morgan fingerprint density at radius 2 is 1.94 bits per heavy atom. The zero-order valence-electron chi connectivity index (χ0n) is 10.7. The van der Waals surface area contributed by atoms with Crippen LogP contribution in [0.5, 0.6) is 0 Å². The maximum Gasteiger partial charge on any atom is 0.315 e. The summed E-state index contributed by atoms with van der Waals surface area (Å²) in [6.45, 7) is 4.33. The topological polar surface area (TPSA) is 67.2 Å². The number of hydrogen-bond donors (Lipinski definition) is 3. The summed E-state index contributed by atoms with van der Waals surface area (Å²) in [4.78, 5) is 12.1. The maximum atomic E-state index is 11.7. The first kappa shape index (κ1) is 14.2. The van der Waals surface area contributed by atoms with Crippen molar-refractivity contribution in [1.29, 1.82) is 0 Å². The molecule has 1 aliphatic carbocycles. The van der Waals surface area contributed by atoms with Gasteiger partial charge in [-0.2, -0.15) is 0 Å². The fraction of sp³-hybridized carbons (Fsp3) is 0.833. The Morgan fingerprint density at radius 3 is 2.47 bits per heavy atom. The second kappa shape index (κ2) is 6.19. The predicted molar refractivity (Wildman–Crippen MR) is 74.0 cm³/mol. The molecule has 1 fully saturated rings. The first-order valence-corrected chi connectivity index (χ1v) is 6.67. The van der Waals surface area contributed by atoms with Gasteiger partial charge in [0.25, 0.3) is 0 Å². The second-order valence-corrected chi connectivity index (χ2v) is 5.85. The van der Waals surface area contributed by atoms with E-state index in [4.69, 9.17) is 18.0 Å². The van der Waals surface area contributed by atoms with E-state index in [1.54, 1.807) is 0 Å². The molecule has 0 spiro atoms. The third-order valence-electron chi connectivity index (χ3n) is 3.30. The van der Waals surface area contributed by atoms with Crippen molar-refractivity contribution in [2.45, 2.75) is 52.0 Å². The van der Waals surface area contributed by atoms with Gasteiger partial charge in [0.1, 0.15) is 0 Å². The van der Waals surface area contributed by atoms with Crippen molar-refractivity contribution in [1.82, 2.24) is 10.6 Å². The van der Waals surface area contributed by atoms with Gasteiger partial charge in [0.05, 0.1) is 4.99 Å². The smallest absolute Gasteiger partial charge is 0.315 e. The van der Waals surface area contributed by atoms with Crippen molar-refractivity contribution >= 4 is 23.2 Å². The van der Waals surface area contributed by atoms with Crippen LogP contribution in [0.4, 0.5) is 4.79 Å². The highest BCUT2D eigenvalue weighted by Gasteiger charge is 2.23. The Labute approximate surface area is 109 Å². The van der Waals surface area contributed by atoms with Crippen LogP contribution in [0.3, 0.4) is 0 Å². The number of urea groups is 1. The molecule has 1 rings (SSSR count). The summed E-state index contributed by atoms with van der Waals surface area (Å²) in [5.74, 6) is 0. The van der Waals surface area contributed by atoms with Gasteiger partial charge in [-0.1, -0.05) is 45.3 Å². The van der Waals surface area contributed by atoms with Gasteiger partial charge in [-0.3, -0.25) is 0 Å². The summed E-state index contributed by atoms with van der Waals surface area (Å²) in [7, 11) is 0. The molecule has 17 heavy (non-hydrogen) atoms. The van der Waals surface area contributed by atoms with Gasteiger partial charge in [0.15, 0.2) is 0 Å². The molecule has 98 valence electrons. The number of rotatable bonds is 4. The molecule has 4 nitrogen and oxygen atoms in total. The normalized spacial score (nSPS) is 17.5. The van der Waals surface area contributed by atoms with E-state index in [0.29, 0.717) is 17.6 Å². The molecular formula is C12H23N3OS. The quantitative estimate of drug-likeness (QED) is 0.674. The third kappa shape index (κ3) is 4.89. The van der Waals surface area contributed by atoms with Gasteiger partial charge in [-0.05, 0) is 12.8 Å². The van der Waals surface area contributed by atoms with E-state index in [9.17, 15) is 4.79 Å². The average Bonchev–Trinajstić information content (AvgIpc) is 2.28. The average molecular weight is 257 g/mol. The summed E-state index contributed by atoms with van der Waals surface area (Å²) in [6, 6.07) is 0.220. The highest BCUT2D eigenvalue weighted by atomic mass is 32.1. The molecule has 2 amide bonds. The standard InChI is InChI=1S/C12H23N3OS/c1-12(2,10(13)17)8-14-11(16)15-9-6-4-3-5-7-9/h9H,3-8H2,1-2H3,(H2,13,17)(H2,14,15,16). The molecule has 0 atom stereocenters. The molecule has 0 unspecified atom stereocenters. The number of nitrogens with one attached hydrogen (secondary N) is 2. The van der Waals surface area contributed by atoms with Gasteiger partial charge in [-0.15, -0.1) is 0 Å². The lowest BCUT2D eigenvalue weighted by atomic mass is 9.93. The van der Waals surface area contributed by atoms with Crippen LogP contribution >= 0.6 is 12.2 Å². The lowest BCUT2D eigenvalue weighted by Crippen LogP contribution is -2.48. The Bertz CT molecular complexity index is 285. The monoisotopic (exact) mass is 257 g/mol. The minimum Gasteiger partial charge on any atom is -0.393 e. The fourth-order valence-corrected chi connectivity index (χ4v) is 1.94. The summed E-state index contributed by atoms with van der Waals surface area (Å²) >= 11 is 4.95. The van der Waals surface area contributed by atoms with Crippen LogP contribution in [0, 0.1) is 5.41 Å². The van der Waals surface area contributed by atoms with Crippen LogP contribution in [-0.4, -0.2) is 23.6 Å². The van der Waals surface area contributed by atoms with Gasteiger partial charge in [0, 0.05) is 18.0 Å². The van der Waals surface area contributed by atoms with Crippen LogP contribution in [0.2, 0.25) is 0 Å². The largest absolute Gasteiger partial charge is 0.393 e. The van der Waals surface area contributed by atoms with Crippen molar-refractivity contribution < 1.29 is 4.79 Å². The minimum absolute atomic E-state index is 0.110. The van der Waals surface area contributed by atoms with Gasteiger partial charge >= 0.3 is 6.03 Å². The van der Waals surface area contributed by atoms with Crippen LogP contribution in [0.15, 0.2) is 0 Å². The molecule has 0 bridgehead atoms. The Balaban J connectivity index is 2.27. The Kier molecular flexibility index (Phi) is 5.18. The first-order valence-electron chi connectivity index (χ1n) is 6.26. The number of carbonyl (C=O) groups excluding carboxylic acids is 1. The fourth-order valence-electron chi connectivity index (χ4n) is 1.87. The number of amides is 2. The number of hydrogen-bond acceptors (Lipinski definition) is 2. The van der Waals surface area contributed by atoms with E-state index in [-0.39, 0.29) is 11.4 Å². The molecule has 4 N–H and O–H groups in total. The summed E-state index contributed by atoms with van der Waals surface area (Å²) in [5.41, 5.74) is 5.27. The van der Waals surface area contributed by atoms with Gasteiger partial charge in [0.2, 0.25) is 0 Å². The lowest BCUT2D eigenvalue weighted by molar-refractivity contribution is 0.230. The molecule has 0 saturated heterocycles. The van der Waals surface area contributed by atoms with Crippen LogP contribution in [0.25, 0.3) is 0 Å². The van der Waals surface area contributed by atoms with Crippen LogP contribution in [0.1, 0.15) is 46.0 Å². The van der Waals surface area contributed by atoms with E-state index < -0.39 is 0 Å². The molecule has 0 aromatic heterocycles. The van der Waals surface area contributed by atoms with Crippen molar-refractivity contribution in [2.24, 2.45) is 11.1 Å². The zero-order chi connectivity index (χ0) is 12.9. The number of thiocarbonyl (C=S) groups is 1. The van der Waals surface area contributed by atoms with E-state index in [1.807, 2.05) is 13.8 Å². The summed E-state index contributed by atoms with van der Waals surface area (Å²) in [5, 5.41) is 5.83. The molecule has 0 radical (unpaired) electrons. The van der Waals surface area contributed by atoms with E-state index in [1.165, 1.54) is 19.3 Å². The third-order valence-corrected chi connectivity index (χ3v) is 3.85. The molecule has 0 aromatic rings. The molecule has 0 heterocycles. The van der Waals surface area contributed by atoms with Crippen molar-refractivity contribution in [3.63, 3.8) is 0 Å². The summed E-state index contributed by atoms with van der Waals surface area (Å²) in [6.07, 6.45) is 5.89. The van der Waals surface area contributed by atoms with E-state index in [0.717, 1.165) is 12.8 Å². The minimum atomic E-state index is -0.334. The highest BCUT2D eigenvalue weighted by molar-refractivity contribution is 7.80. The predicted octanol–water partition coefficient (Wildman–Crippen LogP) is 1.93. The van der Waals surface area contributed by atoms with Crippen molar-refractivity contribution in [3.05, 3.63) is 0 Å². The SMILES string of the molecule is CC(C)(CNC(=O)NC1CCCCC1)C(N)=S. The van der Waals surface area contributed by atoms with Crippen molar-refractivity contribution in [2.75, 3.05) is 6.54 Å². The molecule has 0 aromatic carbocycles. The molecular weight excluding hydrogens is 234 g/mol. The summed E-state index contributed by atoms with van der Waals surface area (Å²) < 4.78 is 0. The zero-order valence-corrected chi connectivity index (χ0v) is 11.5. The molecule has 5 heteroatoms. The maximum absolute atomic E-state index is 11.7.